The molecule has 9 nitrogen and oxygen atoms in total. The van der Waals surface area contributed by atoms with Crippen LogP contribution in [0.4, 0.5) is 16.4 Å². The Kier molecular flexibility index (Phi) is 4.47. The van der Waals surface area contributed by atoms with E-state index >= 15 is 0 Å². The molecular weight excluding hydrogens is 338 g/mol. The van der Waals surface area contributed by atoms with E-state index in [-0.39, 0.29) is 17.8 Å². The number of amides is 1. The number of nitro benzene ring substituents is 1. The largest absolute Gasteiger partial charge is 0.444 e. The summed E-state index contributed by atoms with van der Waals surface area (Å²) in [6, 6.07) is 4.59. The second-order valence-corrected chi connectivity index (χ2v) is 7.49. The number of nitrogens with one attached hydrogen (secondary N) is 1. The van der Waals surface area contributed by atoms with Gasteiger partial charge in [-0.1, -0.05) is 0 Å². The normalized spacial score (nSPS) is 18.2. The van der Waals surface area contributed by atoms with Crippen molar-refractivity contribution in [2.75, 3.05) is 24.5 Å². The molecular formula is C17H23N5O4. The number of nitro groups is 1. The number of imidazole rings is 1. The molecule has 140 valence electrons. The number of aromatic amines is 1. The summed E-state index contributed by atoms with van der Waals surface area (Å²) in [5.74, 6) is 0.650. The third kappa shape index (κ3) is 3.71. The third-order valence-corrected chi connectivity index (χ3v) is 4.22. The number of anilines is 1. The number of rotatable bonds is 2. The van der Waals surface area contributed by atoms with Gasteiger partial charge in [0, 0.05) is 37.8 Å². The number of piperazine rings is 1. The van der Waals surface area contributed by atoms with Crippen LogP contribution in [-0.2, 0) is 4.74 Å². The highest BCUT2D eigenvalue weighted by Gasteiger charge is 2.31. The predicted molar refractivity (Wildman–Crippen MR) is 97.4 cm³/mol. The molecule has 1 aromatic carbocycles. The average molecular weight is 361 g/mol. The molecule has 26 heavy (non-hydrogen) atoms. The van der Waals surface area contributed by atoms with E-state index in [1.54, 1.807) is 11.0 Å². The number of aromatic nitrogens is 2. The van der Waals surface area contributed by atoms with Gasteiger partial charge in [0.1, 0.15) is 5.60 Å². The van der Waals surface area contributed by atoms with E-state index in [9.17, 15) is 14.9 Å². The molecule has 1 aliphatic rings. The molecule has 1 fully saturated rings. The maximum Gasteiger partial charge on any atom is 0.410 e. The van der Waals surface area contributed by atoms with Crippen LogP contribution in [0.25, 0.3) is 11.0 Å². The molecule has 2 aromatic rings. The summed E-state index contributed by atoms with van der Waals surface area (Å²) in [5.41, 5.74) is 0.795. The quantitative estimate of drug-likeness (QED) is 0.651. The van der Waals surface area contributed by atoms with E-state index in [4.69, 9.17) is 4.74 Å². The molecule has 1 N–H and O–H groups in total. The van der Waals surface area contributed by atoms with Crippen LogP contribution in [0.2, 0.25) is 0 Å². The number of fused-ring (bicyclic) bond motifs is 1. The van der Waals surface area contributed by atoms with E-state index in [1.807, 2.05) is 27.7 Å². The lowest BCUT2D eigenvalue weighted by molar-refractivity contribution is -0.384. The lowest BCUT2D eigenvalue weighted by atomic mass is 10.2. The fraction of sp³-hybridized carbons (Fsp3) is 0.529. The highest BCUT2D eigenvalue weighted by molar-refractivity contribution is 5.80. The topological polar surface area (TPSA) is 105 Å². The van der Waals surface area contributed by atoms with Gasteiger partial charge in [-0.3, -0.25) is 10.1 Å². The molecule has 0 radical (unpaired) electrons. The summed E-state index contributed by atoms with van der Waals surface area (Å²) in [4.78, 5) is 34.2. The Morgan fingerprint density at radius 3 is 2.73 bits per heavy atom. The number of non-ortho nitro benzene ring substituents is 1. The standard InChI is InChI=1S/C17H23N5O4/c1-11-10-20(16(23)26-17(2,3)4)7-8-21(11)15-18-13-6-5-12(22(24)25)9-14(13)19-15/h5-6,9,11H,7-8,10H2,1-4H3,(H,18,19)/t11-/m1/s1. The van der Waals surface area contributed by atoms with E-state index in [1.165, 1.54) is 12.1 Å². The summed E-state index contributed by atoms with van der Waals surface area (Å²) in [5, 5.41) is 10.9. The van der Waals surface area contributed by atoms with Crippen LogP contribution in [0, 0.1) is 10.1 Å². The van der Waals surface area contributed by atoms with Gasteiger partial charge in [-0.2, -0.15) is 0 Å². The van der Waals surface area contributed by atoms with Gasteiger partial charge in [0.25, 0.3) is 5.69 Å². The van der Waals surface area contributed by atoms with Crippen molar-refractivity contribution in [3.05, 3.63) is 28.3 Å². The first-order chi connectivity index (χ1) is 12.1. The Hall–Kier alpha value is -2.84. The van der Waals surface area contributed by atoms with Gasteiger partial charge in [-0.15, -0.1) is 0 Å². The lowest BCUT2D eigenvalue weighted by Gasteiger charge is -2.40. The van der Waals surface area contributed by atoms with Crippen LogP contribution in [0.15, 0.2) is 18.2 Å². The molecule has 0 saturated carbocycles. The maximum atomic E-state index is 12.2. The van der Waals surface area contributed by atoms with Gasteiger partial charge >= 0.3 is 6.09 Å². The van der Waals surface area contributed by atoms with Crippen LogP contribution in [0.1, 0.15) is 27.7 Å². The molecule has 1 amide bonds. The summed E-state index contributed by atoms with van der Waals surface area (Å²) < 4.78 is 5.43. The zero-order valence-electron chi connectivity index (χ0n) is 15.4. The number of hydrogen-bond donors (Lipinski definition) is 1. The minimum Gasteiger partial charge on any atom is -0.444 e. The van der Waals surface area contributed by atoms with E-state index in [0.29, 0.717) is 36.6 Å². The zero-order chi connectivity index (χ0) is 19.1. The van der Waals surface area contributed by atoms with Crippen molar-refractivity contribution in [1.82, 2.24) is 14.9 Å². The zero-order valence-corrected chi connectivity index (χ0v) is 15.4. The first-order valence-electron chi connectivity index (χ1n) is 8.53. The second-order valence-electron chi connectivity index (χ2n) is 7.49. The van der Waals surface area contributed by atoms with Crippen molar-refractivity contribution in [2.45, 2.75) is 39.3 Å². The number of nitrogens with zero attached hydrogens (tertiary/aromatic N) is 4. The summed E-state index contributed by atoms with van der Waals surface area (Å²) in [6.07, 6.45) is -0.316. The van der Waals surface area contributed by atoms with Gasteiger partial charge in [0.05, 0.1) is 16.0 Å². The summed E-state index contributed by atoms with van der Waals surface area (Å²) in [6.45, 7) is 9.19. The van der Waals surface area contributed by atoms with Crippen LogP contribution in [0.5, 0.6) is 0 Å². The van der Waals surface area contributed by atoms with Crippen molar-refractivity contribution in [2.24, 2.45) is 0 Å². The summed E-state index contributed by atoms with van der Waals surface area (Å²) >= 11 is 0. The van der Waals surface area contributed by atoms with Crippen LogP contribution < -0.4 is 4.90 Å². The molecule has 0 bridgehead atoms. The minimum absolute atomic E-state index is 0.0236. The monoisotopic (exact) mass is 361 g/mol. The predicted octanol–water partition coefficient (Wildman–Crippen LogP) is 2.92. The summed E-state index contributed by atoms with van der Waals surface area (Å²) in [7, 11) is 0. The Morgan fingerprint density at radius 1 is 1.38 bits per heavy atom. The Labute approximate surface area is 151 Å². The fourth-order valence-electron chi connectivity index (χ4n) is 3.00. The molecule has 0 spiro atoms. The van der Waals surface area contributed by atoms with Gasteiger partial charge in [0.15, 0.2) is 0 Å². The van der Waals surface area contributed by atoms with Gasteiger partial charge in [0.2, 0.25) is 5.95 Å². The highest BCUT2D eigenvalue weighted by Crippen LogP contribution is 2.25. The first-order valence-corrected chi connectivity index (χ1v) is 8.53. The fourth-order valence-corrected chi connectivity index (χ4v) is 3.00. The number of carbonyl (C=O) groups is 1. The van der Waals surface area contributed by atoms with Crippen LogP contribution in [-0.4, -0.2) is 57.2 Å². The Morgan fingerprint density at radius 2 is 2.12 bits per heavy atom. The SMILES string of the molecule is C[C@@H]1CN(C(=O)OC(C)(C)C)CCN1c1nc2ccc([N+](=O)[O-])cc2[nH]1. The van der Waals surface area contributed by atoms with Crippen molar-refractivity contribution in [3.8, 4) is 0 Å². The average Bonchev–Trinajstić information content (AvgIpc) is 2.95. The van der Waals surface area contributed by atoms with Crippen LogP contribution >= 0.6 is 0 Å². The molecule has 1 atom stereocenters. The minimum atomic E-state index is -0.523. The van der Waals surface area contributed by atoms with Crippen molar-refractivity contribution in [1.29, 1.82) is 0 Å². The lowest BCUT2D eigenvalue weighted by Crippen LogP contribution is -2.54. The molecule has 0 aliphatic carbocycles. The van der Waals surface area contributed by atoms with Crippen LogP contribution in [0.3, 0.4) is 0 Å². The van der Waals surface area contributed by atoms with E-state index < -0.39 is 10.5 Å². The molecule has 1 aromatic heterocycles. The van der Waals surface area contributed by atoms with E-state index in [0.717, 1.165) is 0 Å². The van der Waals surface area contributed by atoms with Gasteiger partial charge in [-0.05, 0) is 33.8 Å². The number of benzene rings is 1. The Balaban J connectivity index is 1.74. The molecule has 9 heteroatoms. The molecule has 1 aliphatic heterocycles. The third-order valence-electron chi connectivity index (χ3n) is 4.22. The molecule has 2 heterocycles. The number of ether oxygens (including phenoxy) is 1. The number of carbonyl (C=O) groups excluding carboxylic acids is 1. The molecule has 0 unspecified atom stereocenters. The highest BCUT2D eigenvalue weighted by atomic mass is 16.6. The molecule has 1 saturated heterocycles. The first kappa shape index (κ1) is 18.0. The van der Waals surface area contributed by atoms with Crippen molar-refractivity contribution >= 4 is 28.8 Å². The number of H-pyrrole nitrogens is 1. The Bertz CT molecular complexity index is 841. The van der Waals surface area contributed by atoms with Crippen molar-refractivity contribution < 1.29 is 14.5 Å². The van der Waals surface area contributed by atoms with Crippen molar-refractivity contribution in [3.63, 3.8) is 0 Å². The maximum absolute atomic E-state index is 12.2. The van der Waals surface area contributed by atoms with Gasteiger partial charge in [-0.25, -0.2) is 9.78 Å². The molecule has 3 rings (SSSR count). The van der Waals surface area contributed by atoms with Gasteiger partial charge < -0.3 is 19.5 Å². The smallest absolute Gasteiger partial charge is 0.410 e. The van der Waals surface area contributed by atoms with E-state index in [2.05, 4.69) is 14.9 Å². The number of hydrogen-bond acceptors (Lipinski definition) is 6. The second kappa shape index (κ2) is 6.47.